The number of nitrogens with zero attached hydrogens (tertiary/aromatic N) is 2. The first-order chi connectivity index (χ1) is 15.1. The third kappa shape index (κ3) is 4.35. The number of hydrogen-bond acceptors (Lipinski definition) is 4. The Balaban J connectivity index is 1.73. The molecule has 1 atom stereocenters. The molecule has 170 valence electrons. The molecule has 6 nitrogen and oxygen atoms in total. The van der Waals surface area contributed by atoms with Gasteiger partial charge in [-0.05, 0) is 57.9 Å². The van der Waals surface area contributed by atoms with Crippen molar-refractivity contribution < 1.29 is 23.5 Å². The Hall–Kier alpha value is -2.93. The molecule has 2 aliphatic heterocycles. The number of anilines is 1. The molecule has 4 rings (SSSR count). The van der Waals surface area contributed by atoms with Crippen LogP contribution >= 0.6 is 0 Å². The smallest absolute Gasteiger partial charge is 0.414 e. The lowest BCUT2D eigenvalue weighted by atomic mass is 9.91. The van der Waals surface area contributed by atoms with Crippen molar-refractivity contribution in [1.82, 2.24) is 4.90 Å². The molecule has 0 saturated carbocycles. The van der Waals surface area contributed by atoms with Crippen molar-refractivity contribution in [2.75, 3.05) is 18.1 Å². The average Bonchev–Trinajstić information content (AvgIpc) is 3.25. The first-order valence-electron chi connectivity index (χ1n) is 10.9. The quantitative estimate of drug-likeness (QED) is 0.672. The van der Waals surface area contributed by atoms with E-state index < -0.39 is 29.0 Å². The van der Waals surface area contributed by atoms with E-state index in [1.165, 1.54) is 23.1 Å². The van der Waals surface area contributed by atoms with Crippen molar-refractivity contribution in [2.24, 2.45) is 0 Å². The Kier molecular flexibility index (Phi) is 5.71. The zero-order valence-electron chi connectivity index (χ0n) is 18.9. The van der Waals surface area contributed by atoms with Gasteiger partial charge >= 0.3 is 6.09 Å². The van der Waals surface area contributed by atoms with Crippen molar-refractivity contribution in [3.8, 4) is 0 Å². The van der Waals surface area contributed by atoms with E-state index in [-0.39, 0.29) is 18.2 Å². The Morgan fingerprint density at radius 3 is 2.47 bits per heavy atom. The number of carbonyl (C=O) groups is 2. The third-order valence-corrected chi connectivity index (χ3v) is 6.11. The molecule has 32 heavy (non-hydrogen) atoms. The highest BCUT2D eigenvalue weighted by Gasteiger charge is 2.50. The fraction of sp³-hybridized carbons (Fsp3) is 0.440. The standard InChI is InChI=1S/C25H29FN2O4/c1-24(2)15-21(25(3,4)32-24)28(16-17-8-6-5-7-9-17)22(29)19-14-18(10-11-20(19)26)27-12-13-31-23(27)30/h5-11,14,21H,12-13,15-16H2,1-4H3/t21-/m1/s1. The van der Waals surface area contributed by atoms with Gasteiger partial charge in [0.05, 0.1) is 29.4 Å². The monoisotopic (exact) mass is 440 g/mol. The number of amides is 2. The van der Waals surface area contributed by atoms with Crippen molar-refractivity contribution in [2.45, 2.75) is 57.9 Å². The van der Waals surface area contributed by atoms with Gasteiger partial charge in [-0.15, -0.1) is 0 Å². The van der Waals surface area contributed by atoms with E-state index in [4.69, 9.17) is 9.47 Å². The molecule has 0 spiro atoms. The molecule has 2 heterocycles. The second-order valence-corrected chi connectivity index (χ2v) is 9.53. The largest absolute Gasteiger partial charge is 0.447 e. The van der Waals surface area contributed by atoms with Crippen LogP contribution < -0.4 is 4.90 Å². The summed E-state index contributed by atoms with van der Waals surface area (Å²) in [7, 11) is 0. The molecule has 2 aliphatic rings. The highest BCUT2D eigenvalue weighted by molar-refractivity contribution is 5.97. The minimum atomic E-state index is -0.625. The van der Waals surface area contributed by atoms with E-state index in [1.807, 2.05) is 58.0 Å². The molecular weight excluding hydrogens is 411 g/mol. The van der Waals surface area contributed by atoms with Crippen LogP contribution in [0.15, 0.2) is 48.5 Å². The number of halogens is 1. The van der Waals surface area contributed by atoms with Crippen LogP contribution in [0.2, 0.25) is 0 Å². The van der Waals surface area contributed by atoms with Crippen LogP contribution in [0.25, 0.3) is 0 Å². The second-order valence-electron chi connectivity index (χ2n) is 9.53. The molecule has 0 bridgehead atoms. The fourth-order valence-corrected chi connectivity index (χ4v) is 4.75. The maximum absolute atomic E-state index is 14.9. The molecule has 7 heteroatoms. The normalized spacial score (nSPS) is 21.5. The summed E-state index contributed by atoms with van der Waals surface area (Å²) in [6.45, 7) is 8.88. The summed E-state index contributed by atoms with van der Waals surface area (Å²) in [5.74, 6) is -1.06. The first kappa shape index (κ1) is 22.3. The molecule has 2 saturated heterocycles. The average molecular weight is 441 g/mol. The maximum Gasteiger partial charge on any atom is 0.414 e. The SMILES string of the molecule is CC1(C)C[C@@H](N(Cc2ccccc2)C(=O)c2cc(N3CCOC3=O)ccc2F)C(C)(C)O1. The highest BCUT2D eigenvalue weighted by atomic mass is 19.1. The van der Waals surface area contributed by atoms with Gasteiger partial charge < -0.3 is 14.4 Å². The van der Waals surface area contributed by atoms with Crippen LogP contribution in [0.3, 0.4) is 0 Å². The summed E-state index contributed by atoms with van der Waals surface area (Å²) in [6.07, 6.45) is 0.126. The summed E-state index contributed by atoms with van der Waals surface area (Å²) in [6, 6.07) is 13.5. The lowest BCUT2D eigenvalue weighted by Gasteiger charge is -2.36. The lowest BCUT2D eigenvalue weighted by Crippen LogP contribution is -2.49. The Labute approximate surface area is 187 Å². The zero-order chi connectivity index (χ0) is 23.1. The van der Waals surface area contributed by atoms with Crippen LogP contribution in [-0.2, 0) is 16.0 Å². The summed E-state index contributed by atoms with van der Waals surface area (Å²) in [5.41, 5.74) is 0.294. The van der Waals surface area contributed by atoms with Gasteiger partial charge in [-0.3, -0.25) is 9.69 Å². The van der Waals surface area contributed by atoms with E-state index in [1.54, 1.807) is 4.90 Å². The fourth-order valence-electron chi connectivity index (χ4n) is 4.75. The topological polar surface area (TPSA) is 59.1 Å². The van der Waals surface area contributed by atoms with E-state index in [0.717, 1.165) is 5.56 Å². The first-order valence-corrected chi connectivity index (χ1v) is 10.9. The van der Waals surface area contributed by atoms with Crippen molar-refractivity contribution >= 4 is 17.7 Å². The lowest BCUT2D eigenvalue weighted by molar-refractivity contribution is -0.0785. The Bertz CT molecular complexity index is 1020. The van der Waals surface area contributed by atoms with Gasteiger partial charge in [-0.1, -0.05) is 30.3 Å². The van der Waals surface area contributed by atoms with Gasteiger partial charge in [0.1, 0.15) is 12.4 Å². The number of rotatable bonds is 5. The molecule has 2 amide bonds. The van der Waals surface area contributed by atoms with Crippen molar-refractivity contribution in [1.29, 1.82) is 0 Å². The molecular formula is C25H29FN2O4. The van der Waals surface area contributed by atoms with Crippen LogP contribution in [0.5, 0.6) is 0 Å². The van der Waals surface area contributed by atoms with Gasteiger partial charge in [0, 0.05) is 12.2 Å². The highest BCUT2D eigenvalue weighted by Crippen LogP contribution is 2.41. The maximum atomic E-state index is 14.9. The summed E-state index contributed by atoms with van der Waals surface area (Å²) >= 11 is 0. The number of benzene rings is 2. The molecule has 0 N–H and O–H groups in total. The van der Waals surface area contributed by atoms with Gasteiger partial charge in [-0.25, -0.2) is 9.18 Å². The predicted molar refractivity (Wildman–Crippen MR) is 119 cm³/mol. The third-order valence-electron chi connectivity index (χ3n) is 6.11. The van der Waals surface area contributed by atoms with Gasteiger partial charge in [0.15, 0.2) is 0 Å². The molecule has 0 aromatic heterocycles. The molecule has 0 aliphatic carbocycles. The van der Waals surface area contributed by atoms with E-state index in [0.29, 0.717) is 25.2 Å². The summed E-state index contributed by atoms with van der Waals surface area (Å²) in [4.78, 5) is 28.9. The second kappa shape index (κ2) is 8.20. The van der Waals surface area contributed by atoms with Gasteiger partial charge in [-0.2, -0.15) is 0 Å². The van der Waals surface area contributed by atoms with Crippen molar-refractivity contribution in [3.05, 3.63) is 65.5 Å². The summed E-state index contributed by atoms with van der Waals surface area (Å²) in [5, 5.41) is 0. The Morgan fingerprint density at radius 1 is 1.16 bits per heavy atom. The van der Waals surface area contributed by atoms with Gasteiger partial charge in [0.2, 0.25) is 0 Å². The minimum absolute atomic E-state index is 0.0707. The Morgan fingerprint density at radius 2 is 1.88 bits per heavy atom. The molecule has 2 aromatic rings. The van der Waals surface area contributed by atoms with E-state index >= 15 is 0 Å². The molecule has 0 radical (unpaired) electrons. The number of hydrogen-bond donors (Lipinski definition) is 0. The molecule has 2 fully saturated rings. The number of cyclic esters (lactones) is 1. The van der Waals surface area contributed by atoms with Crippen LogP contribution in [0.1, 0.15) is 50.0 Å². The number of ether oxygens (including phenoxy) is 2. The predicted octanol–water partition coefficient (Wildman–Crippen LogP) is 4.77. The van der Waals surface area contributed by atoms with Crippen LogP contribution in [-0.4, -0.2) is 47.3 Å². The van der Waals surface area contributed by atoms with Gasteiger partial charge in [0.25, 0.3) is 5.91 Å². The van der Waals surface area contributed by atoms with E-state index in [2.05, 4.69) is 0 Å². The minimum Gasteiger partial charge on any atom is -0.447 e. The van der Waals surface area contributed by atoms with Crippen molar-refractivity contribution in [3.63, 3.8) is 0 Å². The van der Waals surface area contributed by atoms with Crippen LogP contribution in [0, 0.1) is 5.82 Å². The molecule has 2 aromatic carbocycles. The number of carbonyl (C=O) groups excluding carboxylic acids is 2. The summed E-state index contributed by atoms with van der Waals surface area (Å²) < 4.78 is 26.2. The van der Waals surface area contributed by atoms with Crippen LogP contribution in [0.4, 0.5) is 14.9 Å². The van der Waals surface area contributed by atoms with E-state index in [9.17, 15) is 14.0 Å². The molecule has 0 unspecified atom stereocenters. The zero-order valence-corrected chi connectivity index (χ0v) is 18.9.